The van der Waals surface area contributed by atoms with Crippen molar-refractivity contribution in [2.75, 3.05) is 12.3 Å². The lowest BCUT2D eigenvalue weighted by Crippen LogP contribution is -2.40. The minimum atomic E-state index is -3.53. The zero-order valence-corrected chi connectivity index (χ0v) is 12.1. The highest BCUT2D eigenvalue weighted by Crippen LogP contribution is 2.32. The van der Waals surface area contributed by atoms with Gasteiger partial charge in [0.1, 0.15) is 6.04 Å². The van der Waals surface area contributed by atoms with Crippen molar-refractivity contribution in [1.82, 2.24) is 5.32 Å². The summed E-state index contributed by atoms with van der Waals surface area (Å²) in [5.74, 6) is -1.04. The third-order valence-electron chi connectivity index (χ3n) is 3.42. The number of rotatable bonds is 7. The lowest BCUT2D eigenvalue weighted by atomic mass is 10.2. The van der Waals surface area contributed by atoms with Gasteiger partial charge in [0.25, 0.3) is 0 Å². The van der Waals surface area contributed by atoms with Gasteiger partial charge in [-0.05, 0) is 37.0 Å². The van der Waals surface area contributed by atoms with E-state index in [1.54, 1.807) is 0 Å². The van der Waals surface area contributed by atoms with E-state index in [-0.39, 0.29) is 28.7 Å². The fraction of sp³-hybridized carbons (Fsp3) is 0.429. The van der Waals surface area contributed by atoms with Crippen LogP contribution in [-0.4, -0.2) is 37.8 Å². The number of hydrogen-bond acceptors (Lipinski definition) is 5. The van der Waals surface area contributed by atoms with Gasteiger partial charge in [-0.15, -0.1) is 0 Å². The summed E-state index contributed by atoms with van der Waals surface area (Å²) in [6.07, 6.45) is 1.72. The van der Waals surface area contributed by atoms with Crippen LogP contribution in [0.25, 0.3) is 0 Å². The maximum Gasteiger partial charge on any atom is 0.320 e. The van der Waals surface area contributed by atoms with Gasteiger partial charge in [-0.3, -0.25) is 4.79 Å². The maximum atomic E-state index is 12.1. The number of carbonyl (C=O) groups is 1. The minimum absolute atomic E-state index is 0.0760. The van der Waals surface area contributed by atoms with Crippen LogP contribution in [0.15, 0.2) is 29.2 Å². The molecule has 1 aromatic carbocycles. The zero-order valence-electron chi connectivity index (χ0n) is 11.3. The largest absolute Gasteiger partial charge is 0.480 e. The van der Waals surface area contributed by atoms with Crippen LogP contribution in [-0.2, 0) is 14.6 Å². The fourth-order valence-corrected chi connectivity index (χ4v) is 3.33. The smallest absolute Gasteiger partial charge is 0.320 e. The molecule has 0 aromatic heterocycles. The number of sulfone groups is 1. The van der Waals surface area contributed by atoms with Gasteiger partial charge in [-0.1, -0.05) is 6.07 Å². The highest BCUT2D eigenvalue weighted by atomic mass is 32.2. The molecule has 112 valence electrons. The second-order valence-corrected chi connectivity index (χ2v) is 7.18. The molecule has 1 aliphatic rings. The molecular weight excluding hydrogens is 292 g/mol. The Morgan fingerprint density at radius 3 is 2.76 bits per heavy atom. The first-order chi connectivity index (χ1) is 9.94. The molecule has 1 atom stereocenters. The summed E-state index contributed by atoms with van der Waals surface area (Å²) in [4.78, 5) is 11.1. The molecule has 0 spiro atoms. The van der Waals surface area contributed by atoms with Crippen LogP contribution in [0, 0.1) is 17.2 Å². The van der Waals surface area contributed by atoms with Crippen molar-refractivity contribution in [2.45, 2.75) is 23.8 Å². The van der Waals surface area contributed by atoms with Gasteiger partial charge in [0, 0.05) is 6.54 Å². The molecule has 0 amide bonds. The molecule has 1 aliphatic carbocycles. The molecule has 0 bridgehead atoms. The zero-order chi connectivity index (χ0) is 15.5. The molecule has 1 saturated carbocycles. The summed E-state index contributed by atoms with van der Waals surface area (Å²) in [6.45, 7) is 0.0760. The molecule has 0 aliphatic heterocycles. The van der Waals surface area contributed by atoms with Crippen molar-refractivity contribution in [3.05, 3.63) is 29.8 Å². The van der Waals surface area contributed by atoms with E-state index >= 15 is 0 Å². The predicted molar refractivity (Wildman–Crippen MR) is 75.4 cm³/mol. The number of carboxylic acid groups (broad SMARTS) is 1. The number of carboxylic acids is 1. The van der Waals surface area contributed by atoms with Crippen LogP contribution in [0.5, 0.6) is 0 Å². The van der Waals surface area contributed by atoms with Crippen molar-refractivity contribution >= 4 is 15.8 Å². The summed E-state index contributed by atoms with van der Waals surface area (Å²) >= 11 is 0. The van der Waals surface area contributed by atoms with Crippen molar-refractivity contribution in [1.29, 1.82) is 5.26 Å². The molecule has 0 saturated heterocycles. The van der Waals surface area contributed by atoms with Crippen molar-refractivity contribution in [2.24, 2.45) is 5.92 Å². The van der Waals surface area contributed by atoms with Gasteiger partial charge in [0.05, 0.1) is 22.3 Å². The molecule has 0 radical (unpaired) electrons. The topological polar surface area (TPSA) is 107 Å². The molecule has 21 heavy (non-hydrogen) atoms. The summed E-state index contributed by atoms with van der Waals surface area (Å²) in [6, 6.07) is 7.03. The number of benzene rings is 1. The Balaban J connectivity index is 1.98. The van der Waals surface area contributed by atoms with E-state index in [4.69, 9.17) is 10.4 Å². The molecule has 1 fully saturated rings. The Kier molecular flexibility index (Phi) is 4.60. The van der Waals surface area contributed by atoms with E-state index in [1.807, 2.05) is 6.07 Å². The molecule has 1 unspecified atom stereocenters. The lowest BCUT2D eigenvalue weighted by molar-refractivity contribution is -0.140. The van der Waals surface area contributed by atoms with Gasteiger partial charge >= 0.3 is 5.97 Å². The number of nitrogens with zero attached hydrogens (tertiary/aromatic N) is 1. The van der Waals surface area contributed by atoms with Crippen LogP contribution in [0.4, 0.5) is 0 Å². The van der Waals surface area contributed by atoms with E-state index in [9.17, 15) is 13.2 Å². The predicted octanol–water partition coefficient (Wildman–Crippen LogP) is 0.785. The van der Waals surface area contributed by atoms with Crippen LogP contribution >= 0.6 is 0 Å². The average molecular weight is 308 g/mol. The lowest BCUT2D eigenvalue weighted by Gasteiger charge is -2.13. The van der Waals surface area contributed by atoms with E-state index in [2.05, 4.69) is 5.32 Å². The molecule has 2 rings (SSSR count). The van der Waals surface area contributed by atoms with Crippen LogP contribution < -0.4 is 5.32 Å². The third kappa shape index (κ3) is 4.03. The second-order valence-electron chi connectivity index (χ2n) is 5.07. The molecule has 1 aromatic rings. The van der Waals surface area contributed by atoms with Crippen LogP contribution in [0.3, 0.4) is 0 Å². The van der Waals surface area contributed by atoms with Gasteiger partial charge in [-0.2, -0.15) is 5.26 Å². The van der Waals surface area contributed by atoms with Crippen molar-refractivity contribution in [3.63, 3.8) is 0 Å². The first-order valence-electron chi connectivity index (χ1n) is 6.63. The molecule has 0 heterocycles. The first-order valence-corrected chi connectivity index (χ1v) is 8.28. The summed E-state index contributed by atoms with van der Waals surface area (Å²) in [5, 5.41) is 20.6. The first kappa shape index (κ1) is 15.5. The number of nitrogens with one attached hydrogen (secondary N) is 1. The van der Waals surface area contributed by atoms with Crippen LogP contribution in [0.1, 0.15) is 18.4 Å². The Morgan fingerprint density at radius 1 is 1.48 bits per heavy atom. The highest BCUT2D eigenvalue weighted by Gasteiger charge is 2.35. The average Bonchev–Trinajstić information content (AvgIpc) is 3.27. The molecular formula is C14H16N2O4S. The maximum absolute atomic E-state index is 12.1. The molecule has 7 heteroatoms. The number of nitriles is 1. The van der Waals surface area contributed by atoms with Crippen molar-refractivity contribution < 1.29 is 18.3 Å². The van der Waals surface area contributed by atoms with E-state index in [0.717, 1.165) is 12.8 Å². The Labute approximate surface area is 123 Å². The van der Waals surface area contributed by atoms with E-state index < -0.39 is 21.8 Å². The monoisotopic (exact) mass is 308 g/mol. The van der Waals surface area contributed by atoms with E-state index in [0.29, 0.717) is 0 Å². The Bertz CT molecular complexity index is 674. The van der Waals surface area contributed by atoms with Gasteiger partial charge in [0.15, 0.2) is 9.84 Å². The molecule has 6 nitrogen and oxygen atoms in total. The normalized spacial score (nSPS) is 16.1. The van der Waals surface area contributed by atoms with Gasteiger partial charge in [-0.25, -0.2) is 8.42 Å². The summed E-state index contributed by atoms with van der Waals surface area (Å²) < 4.78 is 24.3. The minimum Gasteiger partial charge on any atom is -0.480 e. The van der Waals surface area contributed by atoms with Crippen LogP contribution in [0.2, 0.25) is 0 Å². The third-order valence-corrected chi connectivity index (χ3v) is 5.13. The van der Waals surface area contributed by atoms with Crippen molar-refractivity contribution in [3.8, 4) is 6.07 Å². The number of aliphatic carboxylic acids is 1. The standard InChI is InChI=1S/C14H16N2O4S/c15-9-10-2-1-3-12(8-10)21(19,20)7-6-16-13(14(17)18)11-4-5-11/h1-3,8,11,13,16H,4-7H2,(H,17,18). The number of hydrogen-bond donors (Lipinski definition) is 2. The fourth-order valence-electron chi connectivity index (χ4n) is 2.11. The van der Waals surface area contributed by atoms with Gasteiger partial charge in [0.2, 0.25) is 0 Å². The summed E-state index contributed by atoms with van der Waals surface area (Å²) in [7, 11) is -3.53. The second kappa shape index (κ2) is 6.24. The summed E-state index contributed by atoms with van der Waals surface area (Å²) in [5.41, 5.74) is 0.283. The Morgan fingerprint density at radius 2 is 2.19 bits per heavy atom. The van der Waals surface area contributed by atoms with E-state index in [1.165, 1.54) is 24.3 Å². The molecule has 2 N–H and O–H groups in total. The Hall–Kier alpha value is -1.91. The van der Waals surface area contributed by atoms with Gasteiger partial charge < -0.3 is 10.4 Å². The quantitative estimate of drug-likeness (QED) is 0.771. The SMILES string of the molecule is N#Cc1cccc(S(=O)(=O)CCNC(C(=O)O)C2CC2)c1. The highest BCUT2D eigenvalue weighted by molar-refractivity contribution is 7.91.